The first kappa shape index (κ1) is 12.8. The van der Waals surface area contributed by atoms with Crippen molar-refractivity contribution in [3.63, 3.8) is 0 Å². The lowest BCUT2D eigenvalue weighted by Gasteiger charge is -2.37. The first-order valence-electron chi connectivity index (χ1n) is 5.51. The SMILES string of the molecule is CC(C)(CNC(=O)CS)C1CCOCC1. The Kier molecular flexibility index (Phi) is 4.93. The highest BCUT2D eigenvalue weighted by molar-refractivity contribution is 7.81. The molecular weight excluding hydrogens is 210 g/mol. The van der Waals surface area contributed by atoms with Crippen molar-refractivity contribution in [3.8, 4) is 0 Å². The zero-order valence-corrected chi connectivity index (χ0v) is 10.5. The summed E-state index contributed by atoms with van der Waals surface area (Å²) in [7, 11) is 0. The lowest BCUT2D eigenvalue weighted by Crippen LogP contribution is -2.41. The molecule has 0 atom stereocenters. The van der Waals surface area contributed by atoms with Gasteiger partial charge in [-0.25, -0.2) is 0 Å². The van der Waals surface area contributed by atoms with E-state index in [-0.39, 0.29) is 17.1 Å². The van der Waals surface area contributed by atoms with Gasteiger partial charge in [0.1, 0.15) is 0 Å². The van der Waals surface area contributed by atoms with Crippen molar-refractivity contribution in [2.24, 2.45) is 11.3 Å². The van der Waals surface area contributed by atoms with Crippen LogP contribution in [-0.2, 0) is 9.53 Å². The quantitative estimate of drug-likeness (QED) is 0.719. The van der Waals surface area contributed by atoms with E-state index in [1.54, 1.807) is 0 Å². The number of carbonyl (C=O) groups is 1. The van der Waals surface area contributed by atoms with Crippen molar-refractivity contribution < 1.29 is 9.53 Å². The van der Waals surface area contributed by atoms with E-state index in [1.807, 2.05) is 0 Å². The van der Waals surface area contributed by atoms with E-state index in [1.165, 1.54) is 0 Å². The zero-order chi connectivity index (χ0) is 11.3. The van der Waals surface area contributed by atoms with Crippen LogP contribution in [0, 0.1) is 11.3 Å². The van der Waals surface area contributed by atoms with Gasteiger partial charge in [-0.3, -0.25) is 4.79 Å². The minimum atomic E-state index is 0.0125. The molecule has 0 radical (unpaired) electrons. The molecule has 1 amide bonds. The summed E-state index contributed by atoms with van der Waals surface area (Å²) >= 11 is 3.94. The molecule has 0 aliphatic carbocycles. The van der Waals surface area contributed by atoms with E-state index in [4.69, 9.17) is 4.74 Å². The molecule has 1 fully saturated rings. The first-order valence-corrected chi connectivity index (χ1v) is 6.15. The molecular formula is C11H21NO2S. The van der Waals surface area contributed by atoms with Crippen molar-refractivity contribution in [1.82, 2.24) is 5.32 Å². The van der Waals surface area contributed by atoms with Gasteiger partial charge >= 0.3 is 0 Å². The van der Waals surface area contributed by atoms with Crippen LogP contribution in [0.3, 0.4) is 0 Å². The van der Waals surface area contributed by atoms with Gasteiger partial charge in [0.2, 0.25) is 5.91 Å². The fourth-order valence-electron chi connectivity index (χ4n) is 2.01. The van der Waals surface area contributed by atoms with E-state index in [2.05, 4.69) is 31.8 Å². The second kappa shape index (κ2) is 5.75. The van der Waals surface area contributed by atoms with E-state index in [0.29, 0.717) is 5.92 Å². The third kappa shape index (κ3) is 4.03. The largest absolute Gasteiger partial charge is 0.381 e. The zero-order valence-electron chi connectivity index (χ0n) is 9.58. The van der Waals surface area contributed by atoms with Gasteiger partial charge in [0.25, 0.3) is 0 Å². The third-order valence-electron chi connectivity index (χ3n) is 3.21. The van der Waals surface area contributed by atoms with Gasteiger partial charge in [0.05, 0.1) is 5.75 Å². The van der Waals surface area contributed by atoms with Crippen molar-refractivity contribution in [2.75, 3.05) is 25.5 Å². The lowest BCUT2D eigenvalue weighted by molar-refractivity contribution is -0.119. The van der Waals surface area contributed by atoms with Crippen LogP contribution in [0.5, 0.6) is 0 Å². The number of hydrogen-bond donors (Lipinski definition) is 2. The highest BCUT2D eigenvalue weighted by Crippen LogP contribution is 2.33. The summed E-state index contributed by atoms with van der Waals surface area (Å²) in [5.41, 5.74) is 0.155. The minimum Gasteiger partial charge on any atom is -0.381 e. The van der Waals surface area contributed by atoms with Crippen LogP contribution >= 0.6 is 12.6 Å². The average molecular weight is 231 g/mol. The molecule has 0 unspecified atom stereocenters. The van der Waals surface area contributed by atoms with Crippen LogP contribution in [-0.4, -0.2) is 31.4 Å². The predicted molar refractivity (Wildman–Crippen MR) is 64.2 cm³/mol. The Morgan fingerprint density at radius 2 is 2.07 bits per heavy atom. The molecule has 0 spiro atoms. The summed E-state index contributed by atoms with van der Waals surface area (Å²) in [6.07, 6.45) is 2.20. The number of nitrogens with one attached hydrogen (secondary N) is 1. The standard InChI is InChI=1S/C11H21NO2S/c1-11(2,8-12-10(13)7-15)9-3-5-14-6-4-9/h9,15H,3-8H2,1-2H3,(H,12,13). The highest BCUT2D eigenvalue weighted by Gasteiger charge is 2.30. The molecule has 0 bridgehead atoms. The summed E-state index contributed by atoms with van der Waals surface area (Å²) in [4.78, 5) is 11.1. The van der Waals surface area contributed by atoms with Gasteiger partial charge in [0.15, 0.2) is 0 Å². The monoisotopic (exact) mass is 231 g/mol. The molecule has 0 aromatic rings. The maximum Gasteiger partial charge on any atom is 0.229 e. The van der Waals surface area contributed by atoms with Crippen LogP contribution in [0.4, 0.5) is 0 Å². The normalized spacial score (nSPS) is 18.9. The van der Waals surface area contributed by atoms with Crippen LogP contribution in [0.25, 0.3) is 0 Å². The molecule has 0 saturated carbocycles. The highest BCUT2D eigenvalue weighted by atomic mass is 32.1. The number of carbonyl (C=O) groups excluding carboxylic acids is 1. The Hall–Kier alpha value is -0.220. The topological polar surface area (TPSA) is 38.3 Å². The molecule has 1 heterocycles. The van der Waals surface area contributed by atoms with Crippen LogP contribution in [0.1, 0.15) is 26.7 Å². The second-order valence-corrected chi connectivity index (χ2v) is 5.13. The van der Waals surface area contributed by atoms with Crippen molar-refractivity contribution >= 4 is 18.5 Å². The number of amides is 1. The van der Waals surface area contributed by atoms with Crippen molar-refractivity contribution in [1.29, 1.82) is 0 Å². The van der Waals surface area contributed by atoms with Gasteiger partial charge in [-0.05, 0) is 24.2 Å². The Morgan fingerprint density at radius 1 is 1.47 bits per heavy atom. The molecule has 0 aromatic carbocycles. The molecule has 1 saturated heterocycles. The first-order chi connectivity index (χ1) is 7.06. The summed E-state index contributed by atoms with van der Waals surface area (Å²) in [6.45, 7) is 6.86. The van der Waals surface area contributed by atoms with E-state index in [9.17, 15) is 4.79 Å². The lowest BCUT2D eigenvalue weighted by atomic mass is 9.74. The maximum atomic E-state index is 11.1. The Balaban J connectivity index is 2.38. The smallest absolute Gasteiger partial charge is 0.229 e. The number of rotatable bonds is 4. The molecule has 1 aliphatic heterocycles. The molecule has 1 aliphatic rings. The summed E-state index contributed by atoms with van der Waals surface area (Å²) in [5, 5.41) is 2.91. The van der Waals surface area contributed by atoms with Gasteiger partial charge < -0.3 is 10.1 Å². The van der Waals surface area contributed by atoms with Gasteiger partial charge in [-0.2, -0.15) is 12.6 Å². The molecule has 1 N–H and O–H groups in total. The van der Waals surface area contributed by atoms with Crippen molar-refractivity contribution in [3.05, 3.63) is 0 Å². The molecule has 88 valence electrons. The van der Waals surface area contributed by atoms with Gasteiger partial charge in [0, 0.05) is 19.8 Å². The third-order valence-corrected chi connectivity index (χ3v) is 3.50. The fraction of sp³-hybridized carbons (Fsp3) is 0.909. The number of ether oxygens (including phenoxy) is 1. The van der Waals surface area contributed by atoms with E-state index in [0.717, 1.165) is 32.6 Å². The minimum absolute atomic E-state index is 0.0125. The Bertz CT molecular complexity index is 213. The molecule has 0 aromatic heterocycles. The van der Waals surface area contributed by atoms with Crippen LogP contribution in [0.2, 0.25) is 0 Å². The van der Waals surface area contributed by atoms with Crippen LogP contribution in [0.15, 0.2) is 0 Å². The van der Waals surface area contributed by atoms with Gasteiger partial charge in [-0.15, -0.1) is 0 Å². The average Bonchev–Trinajstić information content (AvgIpc) is 2.27. The Morgan fingerprint density at radius 3 is 2.60 bits per heavy atom. The number of thiol groups is 1. The summed E-state index contributed by atoms with van der Waals surface area (Å²) in [5.74, 6) is 0.925. The number of hydrogen-bond acceptors (Lipinski definition) is 3. The molecule has 15 heavy (non-hydrogen) atoms. The Labute approximate surface area is 97.4 Å². The van der Waals surface area contributed by atoms with Gasteiger partial charge in [-0.1, -0.05) is 13.8 Å². The summed E-state index contributed by atoms with van der Waals surface area (Å²) in [6, 6.07) is 0. The predicted octanol–water partition coefficient (Wildman–Crippen LogP) is 1.49. The fourth-order valence-corrected chi connectivity index (χ4v) is 2.12. The molecule has 3 nitrogen and oxygen atoms in total. The van der Waals surface area contributed by atoms with Crippen molar-refractivity contribution in [2.45, 2.75) is 26.7 Å². The van der Waals surface area contributed by atoms with E-state index < -0.39 is 0 Å². The molecule has 1 rings (SSSR count). The maximum absolute atomic E-state index is 11.1. The second-order valence-electron chi connectivity index (χ2n) is 4.81. The summed E-state index contributed by atoms with van der Waals surface area (Å²) < 4.78 is 5.34. The molecule has 4 heteroatoms. The van der Waals surface area contributed by atoms with Crippen LogP contribution < -0.4 is 5.32 Å². The van der Waals surface area contributed by atoms with E-state index >= 15 is 0 Å².